The van der Waals surface area contributed by atoms with Crippen molar-refractivity contribution >= 4 is 53.4 Å². The van der Waals surface area contributed by atoms with Crippen LogP contribution in [0.5, 0.6) is 5.75 Å². The number of carboxylic acids is 1. The molecule has 0 fully saturated rings. The van der Waals surface area contributed by atoms with Gasteiger partial charge in [-0.1, -0.05) is 59.9 Å². The van der Waals surface area contributed by atoms with Crippen molar-refractivity contribution in [2.75, 3.05) is 0 Å². The minimum Gasteiger partial charge on any atom is -0.544 e. The summed E-state index contributed by atoms with van der Waals surface area (Å²) < 4.78 is 7.94. The summed E-state index contributed by atoms with van der Waals surface area (Å²) in [5, 5.41) is 15.3. The molecule has 3 aromatic rings. The van der Waals surface area contributed by atoms with E-state index >= 15 is 0 Å². The van der Waals surface area contributed by atoms with Crippen LogP contribution in [-0.2, 0) is 5.33 Å². The summed E-state index contributed by atoms with van der Waals surface area (Å²) in [5.74, 6) is -0.322. The van der Waals surface area contributed by atoms with Gasteiger partial charge in [-0.25, -0.2) is 9.48 Å². The van der Waals surface area contributed by atoms with E-state index in [0.29, 0.717) is 32.3 Å². The average molecular weight is 556 g/mol. The van der Waals surface area contributed by atoms with Crippen LogP contribution >= 0.6 is 39.1 Å². The fraction of sp³-hybridized carbons (Fsp3) is 0.304. The largest absolute Gasteiger partial charge is 0.544 e. The van der Waals surface area contributed by atoms with Crippen molar-refractivity contribution in [3.63, 3.8) is 0 Å². The topological polar surface area (TPSA) is 64.3 Å². The SMILES string of the molecule is CC(C)(C)[Si](C)(C)Oc1ccc(-c2c(CBr)c(C(=O)O)nn2-c2ccc(Cl)cc2Cl)cc1. The Bertz CT molecular complexity index is 1160. The number of carbonyl (C=O) groups is 1. The molecule has 0 spiro atoms. The molecule has 0 aliphatic heterocycles. The third-order valence-corrected chi connectivity index (χ3v) is 11.2. The Balaban J connectivity index is 2.13. The van der Waals surface area contributed by atoms with Crippen molar-refractivity contribution in [1.29, 1.82) is 0 Å². The van der Waals surface area contributed by atoms with Crippen LogP contribution in [0.1, 0.15) is 36.8 Å². The smallest absolute Gasteiger partial charge is 0.356 e. The van der Waals surface area contributed by atoms with E-state index < -0.39 is 14.3 Å². The van der Waals surface area contributed by atoms with E-state index in [-0.39, 0.29) is 10.7 Å². The molecular weight excluding hydrogens is 531 g/mol. The number of benzene rings is 2. The quantitative estimate of drug-likeness (QED) is 0.248. The second-order valence-electron chi connectivity index (χ2n) is 9.01. The third-order valence-electron chi connectivity index (χ3n) is 5.76. The monoisotopic (exact) mass is 554 g/mol. The Hall–Kier alpha value is -1.80. The summed E-state index contributed by atoms with van der Waals surface area (Å²) in [6.07, 6.45) is 0. The second-order valence-corrected chi connectivity index (χ2v) is 15.1. The highest BCUT2D eigenvalue weighted by molar-refractivity contribution is 9.08. The Morgan fingerprint density at radius 1 is 1.16 bits per heavy atom. The first-order chi connectivity index (χ1) is 14.9. The van der Waals surface area contributed by atoms with Gasteiger partial charge in [0.1, 0.15) is 5.75 Å². The van der Waals surface area contributed by atoms with E-state index in [2.05, 4.69) is 54.9 Å². The van der Waals surface area contributed by atoms with Crippen molar-refractivity contribution in [2.24, 2.45) is 0 Å². The van der Waals surface area contributed by atoms with Gasteiger partial charge < -0.3 is 9.53 Å². The highest BCUT2D eigenvalue weighted by Crippen LogP contribution is 2.39. The number of aromatic carboxylic acids is 1. The molecule has 0 aliphatic carbocycles. The lowest BCUT2D eigenvalue weighted by Crippen LogP contribution is -2.43. The van der Waals surface area contributed by atoms with Gasteiger partial charge in [0, 0.05) is 21.5 Å². The van der Waals surface area contributed by atoms with Gasteiger partial charge in [0.15, 0.2) is 5.69 Å². The molecule has 0 bridgehead atoms. The van der Waals surface area contributed by atoms with Crippen LogP contribution in [0.2, 0.25) is 28.2 Å². The van der Waals surface area contributed by atoms with Crippen molar-refractivity contribution in [1.82, 2.24) is 9.78 Å². The maximum Gasteiger partial charge on any atom is 0.356 e. The number of alkyl halides is 1. The zero-order chi connectivity index (χ0) is 23.8. The molecule has 0 amide bonds. The zero-order valence-corrected chi connectivity index (χ0v) is 22.6. The van der Waals surface area contributed by atoms with E-state index in [4.69, 9.17) is 27.6 Å². The third kappa shape index (κ3) is 4.91. The Morgan fingerprint density at radius 3 is 2.28 bits per heavy atom. The molecule has 0 saturated heterocycles. The van der Waals surface area contributed by atoms with Gasteiger partial charge in [-0.2, -0.15) is 5.10 Å². The Kier molecular flexibility index (Phi) is 7.15. The van der Waals surface area contributed by atoms with Gasteiger partial charge in [-0.05, 0) is 60.6 Å². The fourth-order valence-electron chi connectivity index (χ4n) is 3.00. The van der Waals surface area contributed by atoms with Gasteiger partial charge in [0.2, 0.25) is 8.32 Å². The van der Waals surface area contributed by atoms with Crippen molar-refractivity contribution < 1.29 is 14.3 Å². The summed E-state index contributed by atoms with van der Waals surface area (Å²) in [7, 11) is -1.98. The van der Waals surface area contributed by atoms with Gasteiger partial charge in [-0.3, -0.25) is 0 Å². The van der Waals surface area contributed by atoms with Crippen LogP contribution < -0.4 is 4.43 Å². The van der Waals surface area contributed by atoms with Crippen LogP contribution in [0.3, 0.4) is 0 Å². The molecule has 0 unspecified atom stereocenters. The molecule has 5 nitrogen and oxygen atoms in total. The van der Waals surface area contributed by atoms with Gasteiger partial charge in [-0.15, -0.1) is 0 Å². The minimum absolute atomic E-state index is 0.0375. The van der Waals surface area contributed by atoms with Crippen LogP contribution in [0.25, 0.3) is 16.9 Å². The molecule has 3 rings (SSSR count). The molecule has 1 aromatic heterocycles. The number of aromatic nitrogens is 2. The second kappa shape index (κ2) is 9.21. The Labute approximate surface area is 207 Å². The predicted molar refractivity (Wildman–Crippen MR) is 136 cm³/mol. The van der Waals surface area contributed by atoms with E-state index in [1.54, 1.807) is 22.9 Å². The van der Waals surface area contributed by atoms with Crippen LogP contribution in [0.15, 0.2) is 42.5 Å². The lowest BCUT2D eigenvalue weighted by Gasteiger charge is -2.36. The minimum atomic E-state index is -1.98. The molecule has 1 heterocycles. The number of rotatable bonds is 6. The van der Waals surface area contributed by atoms with E-state index in [1.165, 1.54) is 0 Å². The van der Waals surface area contributed by atoms with Crippen LogP contribution in [0, 0.1) is 0 Å². The highest BCUT2D eigenvalue weighted by atomic mass is 79.9. The van der Waals surface area contributed by atoms with E-state index in [9.17, 15) is 9.90 Å². The lowest BCUT2D eigenvalue weighted by atomic mass is 10.1. The molecule has 2 aromatic carbocycles. The molecule has 1 N–H and O–H groups in total. The molecular formula is C23H25BrCl2N2O3Si. The van der Waals surface area contributed by atoms with Crippen molar-refractivity contribution in [2.45, 2.75) is 44.2 Å². The summed E-state index contributed by atoms with van der Waals surface area (Å²) in [6, 6.07) is 12.7. The van der Waals surface area contributed by atoms with Crippen molar-refractivity contribution in [3.8, 4) is 22.7 Å². The number of nitrogens with zero attached hydrogens (tertiary/aromatic N) is 2. The van der Waals surface area contributed by atoms with Crippen molar-refractivity contribution in [3.05, 3.63) is 63.8 Å². The maximum absolute atomic E-state index is 11.9. The average Bonchev–Trinajstić information content (AvgIpc) is 3.07. The van der Waals surface area contributed by atoms with Crippen LogP contribution in [0.4, 0.5) is 0 Å². The fourth-order valence-corrected chi connectivity index (χ4v) is 5.05. The van der Waals surface area contributed by atoms with E-state index in [0.717, 1.165) is 11.3 Å². The molecule has 0 saturated carbocycles. The molecule has 0 atom stereocenters. The standard InChI is InChI=1S/C23H25BrCl2N2O3Si/c1-23(2,3)32(4,5)31-16-9-6-14(7-10-16)21-17(13-24)20(22(29)30)27-28(21)19-11-8-15(25)12-18(19)26/h6-12H,13H2,1-5H3,(H,29,30). The number of hydrogen-bond acceptors (Lipinski definition) is 3. The first-order valence-corrected chi connectivity index (χ1v) is 14.8. The van der Waals surface area contributed by atoms with Gasteiger partial charge >= 0.3 is 5.97 Å². The summed E-state index contributed by atoms with van der Waals surface area (Å²) in [4.78, 5) is 11.9. The summed E-state index contributed by atoms with van der Waals surface area (Å²) >= 11 is 15.9. The molecule has 0 radical (unpaired) electrons. The first kappa shape index (κ1) is 24.8. The molecule has 9 heteroatoms. The summed E-state index contributed by atoms with van der Waals surface area (Å²) in [5.41, 5.74) is 2.50. The number of carboxylic acid groups (broad SMARTS) is 1. The highest BCUT2D eigenvalue weighted by Gasteiger charge is 2.39. The number of hydrogen-bond donors (Lipinski definition) is 1. The predicted octanol–water partition coefficient (Wildman–Crippen LogP) is 7.82. The molecule has 32 heavy (non-hydrogen) atoms. The maximum atomic E-state index is 11.9. The van der Waals surface area contributed by atoms with Gasteiger partial charge in [0.25, 0.3) is 0 Å². The molecule has 170 valence electrons. The Morgan fingerprint density at radius 2 is 1.78 bits per heavy atom. The first-order valence-electron chi connectivity index (χ1n) is 10.0. The van der Waals surface area contributed by atoms with E-state index in [1.807, 2.05) is 24.3 Å². The lowest BCUT2D eigenvalue weighted by molar-refractivity contribution is 0.0689. The van der Waals surface area contributed by atoms with Gasteiger partial charge in [0.05, 0.1) is 16.4 Å². The normalized spacial score (nSPS) is 12.1. The van der Waals surface area contributed by atoms with Crippen LogP contribution in [-0.4, -0.2) is 29.2 Å². The summed E-state index contributed by atoms with van der Waals surface area (Å²) in [6.45, 7) is 11.0. The molecule has 0 aliphatic rings. The zero-order valence-electron chi connectivity index (χ0n) is 18.5. The number of halogens is 3.